The second-order valence-corrected chi connectivity index (χ2v) is 6.38. The number of benzene rings is 2. The first-order valence-corrected chi connectivity index (χ1v) is 8.21. The second-order valence-electron chi connectivity index (χ2n) is 4.68. The molecule has 2 aromatic carbocycles. The molecule has 1 aliphatic heterocycles. The van der Waals surface area contributed by atoms with Crippen molar-refractivity contribution in [1.29, 1.82) is 0 Å². The van der Waals surface area contributed by atoms with Crippen LogP contribution in [-0.4, -0.2) is 0 Å². The molecule has 2 heteroatoms. The molecule has 0 saturated carbocycles. The summed E-state index contributed by atoms with van der Waals surface area (Å²) in [5.41, 5.74) is 0. The second kappa shape index (κ2) is 6.07. The number of fused-ring (bicyclic) bond motifs is 2. The van der Waals surface area contributed by atoms with Crippen LogP contribution in [0.2, 0.25) is 0 Å². The number of rotatable bonds is 2. The lowest BCUT2D eigenvalue weighted by Gasteiger charge is -2.16. The summed E-state index contributed by atoms with van der Waals surface area (Å²) in [5, 5.41) is 3.47. The van der Waals surface area contributed by atoms with Crippen LogP contribution >= 0.6 is 0 Å². The Morgan fingerprint density at radius 1 is 0.950 bits per heavy atom. The summed E-state index contributed by atoms with van der Waals surface area (Å²) in [6.45, 7) is 2.20. The van der Waals surface area contributed by atoms with E-state index in [1.165, 1.54) is 22.6 Å². The molecule has 0 bridgehead atoms. The molecule has 0 fully saturated rings. The maximum atomic E-state index is 5.97. The van der Waals surface area contributed by atoms with E-state index in [2.05, 4.69) is 42.4 Å². The molecular formula is C18H17OS+. The van der Waals surface area contributed by atoms with Gasteiger partial charge < -0.3 is 4.74 Å². The van der Waals surface area contributed by atoms with Crippen molar-refractivity contribution in [2.45, 2.75) is 36.0 Å². The van der Waals surface area contributed by atoms with E-state index in [9.17, 15) is 0 Å². The standard InChI is InChI=1S/C18H17OS/c1-2-3-4-9-14-20-17-12-7-5-10-15(17)19-16-11-6-8-13-18(16)20/h5-8,10-13H,2-4H2,1H3/q+1. The average Bonchev–Trinajstić information content (AvgIpc) is 2.50. The molecule has 0 N–H and O–H groups in total. The molecule has 1 heterocycles. The van der Waals surface area contributed by atoms with Crippen LogP contribution in [-0.2, 0) is 10.9 Å². The zero-order chi connectivity index (χ0) is 13.8. The Morgan fingerprint density at radius 2 is 1.55 bits per heavy atom. The normalized spacial score (nSPS) is 12.7. The molecule has 0 aromatic heterocycles. The van der Waals surface area contributed by atoms with E-state index in [4.69, 9.17) is 4.74 Å². The lowest BCUT2D eigenvalue weighted by Crippen LogP contribution is -2.09. The number of ether oxygens (including phenoxy) is 1. The fourth-order valence-electron chi connectivity index (χ4n) is 2.14. The average molecular weight is 281 g/mol. The van der Waals surface area contributed by atoms with Crippen LogP contribution < -0.4 is 4.74 Å². The van der Waals surface area contributed by atoms with Crippen molar-refractivity contribution in [3.05, 3.63) is 48.5 Å². The molecule has 100 valence electrons. The predicted octanol–water partition coefficient (Wildman–Crippen LogP) is 4.98. The molecule has 20 heavy (non-hydrogen) atoms. The van der Waals surface area contributed by atoms with E-state index in [0.29, 0.717) is 0 Å². The van der Waals surface area contributed by atoms with E-state index in [-0.39, 0.29) is 10.9 Å². The number of hydrogen-bond acceptors (Lipinski definition) is 1. The molecule has 0 amide bonds. The zero-order valence-corrected chi connectivity index (χ0v) is 12.4. The minimum absolute atomic E-state index is 0.184. The van der Waals surface area contributed by atoms with Crippen molar-refractivity contribution in [3.8, 4) is 22.7 Å². The minimum atomic E-state index is -0.184. The first-order chi connectivity index (χ1) is 9.90. The molecule has 0 radical (unpaired) electrons. The fraction of sp³-hybridized carbons (Fsp3) is 0.222. The molecular weight excluding hydrogens is 264 g/mol. The third-order valence-electron chi connectivity index (χ3n) is 3.19. The Bertz CT molecular complexity index is 621. The third-order valence-corrected chi connectivity index (χ3v) is 5.09. The summed E-state index contributed by atoms with van der Waals surface area (Å²) in [7, 11) is -0.184. The highest BCUT2D eigenvalue weighted by Crippen LogP contribution is 2.42. The summed E-state index contributed by atoms with van der Waals surface area (Å²) < 4.78 is 5.97. The lowest BCUT2D eigenvalue weighted by atomic mass is 10.3. The maximum absolute atomic E-state index is 5.97. The summed E-state index contributed by atoms with van der Waals surface area (Å²) >= 11 is 0. The van der Waals surface area contributed by atoms with Gasteiger partial charge in [-0.05, 0) is 36.6 Å². The van der Waals surface area contributed by atoms with Gasteiger partial charge in [-0.15, -0.1) is 0 Å². The van der Waals surface area contributed by atoms with Gasteiger partial charge in [0.15, 0.2) is 27.6 Å². The zero-order valence-electron chi connectivity index (χ0n) is 11.6. The molecule has 1 nitrogen and oxygen atoms in total. The highest BCUT2D eigenvalue weighted by molar-refractivity contribution is 8.01. The van der Waals surface area contributed by atoms with Crippen LogP contribution in [0.5, 0.6) is 11.5 Å². The highest BCUT2D eigenvalue weighted by atomic mass is 32.2. The Hall–Kier alpha value is -1.85. The van der Waals surface area contributed by atoms with Gasteiger partial charge in [-0.3, -0.25) is 0 Å². The van der Waals surface area contributed by atoms with Crippen molar-refractivity contribution in [2.24, 2.45) is 0 Å². The Kier molecular flexibility index (Phi) is 3.99. The van der Waals surface area contributed by atoms with E-state index in [0.717, 1.165) is 17.9 Å². The van der Waals surface area contributed by atoms with Gasteiger partial charge in [0.25, 0.3) is 0 Å². The van der Waals surface area contributed by atoms with Crippen LogP contribution in [0.15, 0.2) is 58.3 Å². The van der Waals surface area contributed by atoms with Gasteiger partial charge in [0, 0.05) is 6.42 Å². The highest BCUT2D eigenvalue weighted by Gasteiger charge is 2.36. The van der Waals surface area contributed by atoms with E-state index in [1.807, 2.05) is 24.3 Å². The first kappa shape index (κ1) is 13.1. The topological polar surface area (TPSA) is 9.23 Å². The summed E-state index contributed by atoms with van der Waals surface area (Å²) in [6.07, 6.45) is 3.34. The summed E-state index contributed by atoms with van der Waals surface area (Å²) in [6, 6.07) is 16.5. The molecule has 0 spiro atoms. The van der Waals surface area contributed by atoms with Crippen LogP contribution in [0, 0.1) is 11.2 Å². The molecule has 0 atom stereocenters. The van der Waals surface area contributed by atoms with Crippen LogP contribution in [0.4, 0.5) is 0 Å². The van der Waals surface area contributed by atoms with Crippen molar-refractivity contribution in [1.82, 2.24) is 0 Å². The smallest absolute Gasteiger partial charge is 0.218 e. The van der Waals surface area contributed by atoms with E-state index >= 15 is 0 Å². The van der Waals surface area contributed by atoms with Gasteiger partial charge in [0.2, 0.25) is 9.79 Å². The van der Waals surface area contributed by atoms with Gasteiger partial charge in [0.05, 0.1) is 0 Å². The quantitative estimate of drug-likeness (QED) is 0.428. The predicted molar refractivity (Wildman–Crippen MR) is 84.2 cm³/mol. The van der Waals surface area contributed by atoms with Gasteiger partial charge in [-0.2, -0.15) is 0 Å². The number of hydrogen-bond donors (Lipinski definition) is 0. The van der Waals surface area contributed by atoms with Crippen molar-refractivity contribution < 1.29 is 4.74 Å². The third kappa shape index (κ3) is 2.55. The largest absolute Gasteiger partial charge is 0.447 e. The Balaban J connectivity index is 2.00. The van der Waals surface area contributed by atoms with Crippen molar-refractivity contribution >= 4 is 10.9 Å². The van der Waals surface area contributed by atoms with Crippen molar-refractivity contribution in [2.75, 3.05) is 0 Å². The van der Waals surface area contributed by atoms with Gasteiger partial charge in [-0.25, -0.2) is 0 Å². The summed E-state index contributed by atoms with van der Waals surface area (Å²) in [4.78, 5) is 2.41. The van der Waals surface area contributed by atoms with Crippen molar-refractivity contribution in [3.63, 3.8) is 0 Å². The number of para-hydroxylation sites is 2. The lowest BCUT2D eigenvalue weighted by molar-refractivity contribution is 0.453. The Morgan fingerprint density at radius 3 is 2.15 bits per heavy atom. The molecule has 3 rings (SSSR count). The number of unbranched alkanes of at least 4 members (excludes halogenated alkanes) is 2. The van der Waals surface area contributed by atoms with E-state index < -0.39 is 0 Å². The summed E-state index contributed by atoms with van der Waals surface area (Å²) in [5.74, 6) is 5.23. The maximum Gasteiger partial charge on any atom is 0.218 e. The van der Waals surface area contributed by atoms with Gasteiger partial charge in [-0.1, -0.05) is 37.6 Å². The van der Waals surface area contributed by atoms with Crippen LogP contribution in [0.1, 0.15) is 26.2 Å². The molecule has 0 unspecified atom stereocenters. The molecule has 1 aliphatic rings. The SMILES string of the molecule is CCCCC#C[S+]1c2ccccc2Oc2ccccc21. The minimum Gasteiger partial charge on any atom is -0.447 e. The van der Waals surface area contributed by atoms with E-state index in [1.54, 1.807) is 0 Å². The van der Waals surface area contributed by atoms with Gasteiger partial charge in [0.1, 0.15) is 0 Å². The van der Waals surface area contributed by atoms with Crippen LogP contribution in [0.3, 0.4) is 0 Å². The molecule has 0 aliphatic carbocycles. The first-order valence-electron chi connectivity index (χ1n) is 6.99. The monoisotopic (exact) mass is 281 g/mol. The molecule has 0 saturated heterocycles. The fourth-order valence-corrected chi connectivity index (χ4v) is 3.90. The molecule has 2 aromatic rings. The van der Waals surface area contributed by atoms with Gasteiger partial charge >= 0.3 is 0 Å². The van der Waals surface area contributed by atoms with Crippen LogP contribution in [0.25, 0.3) is 0 Å². The Labute approximate surface area is 123 Å².